The highest BCUT2D eigenvalue weighted by Gasteiger charge is 2.30. The van der Waals surface area contributed by atoms with E-state index in [1.54, 1.807) is 24.3 Å². The minimum atomic E-state index is -4.42. The van der Waals surface area contributed by atoms with Crippen LogP contribution < -0.4 is 10.1 Å². The lowest BCUT2D eigenvalue weighted by Crippen LogP contribution is -2.44. The number of rotatable bonds is 6. The lowest BCUT2D eigenvalue weighted by Gasteiger charge is -2.29. The topological polar surface area (TPSA) is 80.7 Å². The molecule has 34 heavy (non-hydrogen) atoms. The van der Waals surface area contributed by atoms with Crippen molar-refractivity contribution in [1.29, 1.82) is 0 Å². The minimum absolute atomic E-state index is 0.132. The number of halogens is 3. The van der Waals surface area contributed by atoms with E-state index in [0.717, 1.165) is 25.0 Å². The molecule has 0 bridgehead atoms. The molecule has 1 aliphatic heterocycles. The predicted molar refractivity (Wildman–Crippen MR) is 121 cm³/mol. The first kappa shape index (κ1) is 24.0. The van der Waals surface area contributed by atoms with Gasteiger partial charge in [-0.3, -0.25) is 4.79 Å². The Morgan fingerprint density at radius 3 is 2.50 bits per heavy atom. The average Bonchev–Trinajstić information content (AvgIpc) is 2.86. The van der Waals surface area contributed by atoms with Gasteiger partial charge in [-0.1, -0.05) is 12.1 Å². The van der Waals surface area contributed by atoms with Gasteiger partial charge in [0.05, 0.1) is 36.5 Å². The molecule has 1 amide bonds. The largest absolute Gasteiger partial charge is 0.496 e. The van der Waals surface area contributed by atoms with Gasteiger partial charge in [-0.2, -0.15) is 13.2 Å². The van der Waals surface area contributed by atoms with Gasteiger partial charge in [0.2, 0.25) is 0 Å². The number of aliphatic hydroxyl groups is 1. The van der Waals surface area contributed by atoms with Crippen LogP contribution in [0.3, 0.4) is 0 Å². The zero-order valence-corrected chi connectivity index (χ0v) is 18.6. The fourth-order valence-electron chi connectivity index (χ4n) is 4.17. The number of amides is 1. The highest BCUT2D eigenvalue weighted by molar-refractivity contribution is 5.99. The van der Waals surface area contributed by atoms with Crippen LogP contribution >= 0.6 is 0 Å². The number of carbonyl (C=O) groups excluding carboxylic acids is 1. The zero-order chi connectivity index (χ0) is 24.3. The van der Waals surface area contributed by atoms with Crippen LogP contribution in [-0.2, 0) is 10.9 Å². The summed E-state index contributed by atoms with van der Waals surface area (Å²) in [4.78, 5) is 17.5. The summed E-state index contributed by atoms with van der Waals surface area (Å²) in [6.45, 7) is 1.03. The van der Waals surface area contributed by atoms with Gasteiger partial charge in [0.15, 0.2) is 0 Å². The Bertz CT molecular complexity index is 1160. The number of hydrogen-bond acceptors (Lipinski definition) is 5. The number of hydrogen-bond donors (Lipinski definition) is 2. The van der Waals surface area contributed by atoms with Gasteiger partial charge >= 0.3 is 6.18 Å². The summed E-state index contributed by atoms with van der Waals surface area (Å²) in [5, 5.41) is 13.4. The second-order valence-electron chi connectivity index (χ2n) is 8.23. The molecule has 4 rings (SSSR count). The molecule has 0 spiro atoms. The summed E-state index contributed by atoms with van der Waals surface area (Å²) in [5.74, 6) is 0.281. The van der Waals surface area contributed by atoms with Gasteiger partial charge in [-0.15, -0.1) is 0 Å². The van der Waals surface area contributed by atoms with E-state index < -0.39 is 11.7 Å². The molecule has 0 saturated carbocycles. The Morgan fingerprint density at radius 1 is 1.18 bits per heavy atom. The van der Waals surface area contributed by atoms with E-state index in [1.165, 1.54) is 19.2 Å². The molecule has 1 fully saturated rings. The van der Waals surface area contributed by atoms with Crippen LogP contribution in [0.2, 0.25) is 0 Å². The molecular formula is C25H25F3N2O4. The molecule has 2 N–H and O–H groups in total. The van der Waals surface area contributed by atoms with Crippen LogP contribution in [0.5, 0.6) is 5.75 Å². The summed E-state index contributed by atoms with van der Waals surface area (Å²) in [7, 11) is 1.49. The summed E-state index contributed by atoms with van der Waals surface area (Å²) < 4.78 is 49.5. The van der Waals surface area contributed by atoms with Gasteiger partial charge in [-0.25, -0.2) is 4.98 Å². The predicted octanol–water partition coefficient (Wildman–Crippen LogP) is 4.45. The van der Waals surface area contributed by atoms with E-state index in [2.05, 4.69) is 10.3 Å². The van der Waals surface area contributed by atoms with Crippen LogP contribution in [0.1, 0.15) is 28.8 Å². The second-order valence-corrected chi connectivity index (χ2v) is 8.23. The molecule has 0 aliphatic carbocycles. The number of fused-ring (bicyclic) bond motifs is 1. The molecule has 1 atom stereocenters. The summed E-state index contributed by atoms with van der Waals surface area (Å²) in [5.41, 5.74) is 0.991. The molecular weight excluding hydrogens is 449 g/mol. The quantitative estimate of drug-likeness (QED) is 0.552. The van der Waals surface area contributed by atoms with Crippen molar-refractivity contribution >= 4 is 16.8 Å². The fourth-order valence-corrected chi connectivity index (χ4v) is 4.17. The molecule has 1 aromatic heterocycles. The van der Waals surface area contributed by atoms with Crippen molar-refractivity contribution in [2.24, 2.45) is 5.92 Å². The normalized spacial score (nSPS) is 15.8. The maximum Gasteiger partial charge on any atom is 0.416 e. The van der Waals surface area contributed by atoms with E-state index in [1.807, 2.05) is 0 Å². The summed E-state index contributed by atoms with van der Waals surface area (Å²) in [6, 6.07) is 11.0. The van der Waals surface area contributed by atoms with Crippen molar-refractivity contribution in [3.05, 3.63) is 59.7 Å². The van der Waals surface area contributed by atoms with Crippen LogP contribution in [-0.4, -0.2) is 49.0 Å². The maximum absolute atomic E-state index is 12.9. The number of nitrogens with one attached hydrogen (secondary N) is 1. The monoisotopic (exact) mass is 474 g/mol. The Labute approximate surface area is 194 Å². The van der Waals surface area contributed by atoms with E-state index in [9.17, 15) is 23.1 Å². The Morgan fingerprint density at radius 2 is 1.88 bits per heavy atom. The standard InChI is InChI=1S/C25H25F3N2O4/c1-33-23-13-20(15-2-5-18(6-3-15)25(26,27)28)29-21-12-17(4-7-19(21)23)24(32)30-22(14-31)16-8-10-34-11-9-16/h2-7,12-13,16,22,31H,8-11,14H2,1H3,(H,30,32)/t22-/m1/s1. The van der Waals surface area contributed by atoms with Crippen molar-refractivity contribution in [3.8, 4) is 17.0 Å². The smallest absolute Gasteiger partial charge is 0.416 e. The van der Waals surface area contributed by atoms with Crippen molar-refractivity contribution in [2.75, 3.05) is 26.9 Å². The number of pyridine rings is 1. The minimum Gasteiger partial charge on any atom is -0.496 e. The number of aliphatic hydroxyl groups excluding tert-OH is 1. The lowest BCUT2D eigenvalue weighted by atomic mass is 9.92. The Hall–Kier alpha value is -3.17. The average molecular weight is 474 g/mol. The molecule has 1 aliphatic rings. The van der Waals surface area contributed by atoms with Crippen molar-refractivity contribution < 1.29 is 32.5 Å². The number of methoxy groups -OCH3 is 1. The van der Waals surface area contributed by atoms with Crippen LogP contribution in [0, 0.1) is 5.92 Å². The number of benzene rings is 2. The van der Waals surface area contributed by atoms with E-state index in [4.69, 9.17) is 9.47 Å². The first-order valence-electron chi connectivity index (χ1n) is 11.0. The van der Waals surface area contributed by atoms with Gasteiger partial charge < -0.3 is 19.9 Å². The first-order chi connectivity index (χ1) is 16.3. The maximum atomic E-state index is 12.9. The second kappa shape index (κ2) is 9.99. The van der Waals surface area contributed by atoms with E-state index in [-0.39, 0.29) is 24.5 Å². The zero-order valence-electron chi connectivity index (χ0n) is 18.6. The third-order valence-corrected chi connectivity index (χ3v) is 6.11. The SMILES string of the molecule is COc1cc(-c2ccc(C(F)(F)F)cc2)nc2cc(C(=O)N[C@H](CO)C3CCOCC3)ccc12. The van der Waals surface area contributed by atoms with E-state index in [0.29, 0.717) is 46.7 Å². The highest BCUT2D eigenvalue weighted by Crippen LogP contribution is 2.33. The van der Waals surface area contributed by atoms with Crippen molar-refractivity contribution in [1.82, 2.24) is 10.3 Å². The third-order valence-electron chi connectivity index (χ3n) is 6.11. The number of ether oxygens (including phenoxy) is 2. The number of alkyl halides is 3. The number of nitrogens with zero attached hydrogens (tertiary/aromatic N) is 1. The van der Waals surface area contributed by atoms with Crippen LogP contribution in [0.25, 0.3) is 22.2 Å². The highest BCUT2D eigenvalue weighted by atomic mass is 19.4. The van der Waals surface area contributed by atoms with Gasteiger partial charge in [0, 0.05) is 35.8 Å². The molecule has 3 aromatic rings. The molecule has 180 valence electrons. The molecule has 1 saturated heterocycles. The molecule has 2 aromatic carbocycles. The van der Waals surface area contributed by atoms with Gasteiger partial charge in [0.25, 0.3) is 5.91 Å². The molecule has 6 nitrogen and oxygen atoms in total. The number of carbonyl (C=O) groups is 1. The van der Waals surface area contributed by atoms with Gasteiger partial charge in [-0.05, 0) is 49.1 Å². The first-order valence-corrected chi connectivity index (χ1v) is 11.0. The van der Waals surface area contributed by atoms with Crippen LogP contribution in [0.4, 0.5) is 13.2 Å². The fraction of sp³-hybridized carbons (Fsp3) is 0.360. The van der Waals surface area contributed by atoms with Crippen LogP contribution in [0.15, 0.2) is 48.5 Å². The Kier molecular flexibility index (Phi) is 7.04. The number of aromatic nitrogens is 1. The molecule has 0 radical (unpaired) electrons. The van der Waals surface area contributed by atoms with E-state index >= 15 is 0 Å². The lowest BCUT2D eigenvalue weighted by molar-refractivity contribution is -0.137. The Balaban J connectivity index is 1.63. The van der Waals surface area contributed by atoms with Crippen molar-refractivity contribution in [2.45, 2.75) is 25.1 Å². The summed E-state index contributed by atoms with van der Waals surface area (Å²) in [6.07, 6.45) is -2.90. The van der Waals surface area contributed by atoms with Gasteiger partial charge in [0.1, 0.15) is 5.75 Å². The summed E-state index contributed by atoms with van der Waals surface area (Å²) >= 11 is 0. The molecule has 2 heterocycles. The molecule has 9 heteroatoms. The molecule has 0 unspecified atom stereocenters. The third kappa shape index (κ3) is 5.15. The van der Waals surface area contributed by atoms with Crippen molar-refractivity contribution in [3.63, 3.8) is 0 Å².